The number of allylic oxidation sites excluding steroid dienone is 4. The van der Waals surface area contributed by atoms with Crippen molar-refractivity contribution in [3.05, 3.63) is 77.0 Å². The number of aliphatic imine (C=N–C) groups is 1. The van der Waals surface area contributed by atoms with Crippen molar-refractivity contribution in [1.29, 1.82) is 0 Å². The number of halogens is 1. The SMILES string of the molecule is C=C(C)N(C)CCCC/C=C\C1CC1(NC(=O)C(C)CCCc1cc(C(C)=N/C(=C\C)C(C)C)nc2c(F)c(CC)ccc12)C(=O)NC. The first-order valence-electron chi connectivity index (χ1n) is 17.7. The average molecular weight is 660 g/mol. The third-order valence-corrected chi connectivity index (χ3v) is 9.68. The number of unbranched alkanes of at least 4 members (excludes halogenated alkanes) is 2. The molecule has 1 aromatic carbocycles. The van der Waals surface area contributed by atoms with Crippen LogP contribution in [0.3, 0.4) is 0 Å². The summed E-state index contributed by atoms with van der Waals surface area (Å²) in [6.45, 7) is 18.9. The number of benzene rings is 1. The molecule has 1 fully saturated rings. The second-order valence-corrected chi connectivity index (χ2v) is 13.7. The van der Waals surface area contributed by atoms with Gasteiger partial charge in [0, 0.05) is 49.3 Å². The van der Waals surface area contributed by atoms with Crippen LogP contribution >= 0.6 is 0 Å². The Kier molecular flexibility index (Phi) is 14.1. The van der Waals surface area contributed by atoms with Gasteiger partial charge in [0.2, 0.25) is 11.8 Å². The maximum atomic E-state index is 15.6. The number of amides is 2. The molecule has 2 amide bonds. The summed E-state index contributed by atoms with van der Waals surface area (Å²) in [7, 11) is 3.67. The van der Waals surface area contributed by atoms with E-state index < -0.39 is 5.54 Å². The molecule has 8 heteroatoms. The third-order valence-electron chi connectivity index (χ3n) is 9.68. The smallest absolute Gasteiger partial charge is 0.246 e. The van der Waals surface area contributed by atoms with E-state index in [0.717, 1.165) is 60.3 Å². The fourth-order valence-electron chi connectivity index (χ4n) is 6.15. The van der Waals surface area contributed by atoms with E-state index in [4.69, 9.17) is 9.98 Å². The molecule has 0 saturated heterocycles. The predicted octanol–water partition coefficient (Wildman–Crippen LogP) is 8.08. The molecule has 2 N–H and O–H groups in total. The lowest BCUT2D eigenvalue weighted by Gasteiger charge is -2.20. The van der Waals surface area contributed by atoms with Crippen molar-refractivity contribution in [2.75, 3.05) is 20.6 Å². The fourth-order valence-corrected chi connectivity index (χ4v) is 6.15. The lowest BCUT2D eigenvalue weighted by atomic mass is 9.96. The summed E-state index contributed by atoms with van der Waals surface area (Å²) in [5.41, 5.74) is 4.54. The first-order chi connectivity index (χ1) is 22.8. The molecule has 48 heavy (non-hydrogen) atoms. The highest BCUT2D eigenvalue weighted by atomic mass is 19.1. The number of fused-ring (bicyclic) bond motifs is 1. The number of pyridine rings is 1. The second-order valence-electron chi connectivity index (χ2n) is 13.7. The van der Waals surface area contributed by atoms with Crippen LogP contribution in [0.4, 0.5) is 4.39 Å². The molecule has 1 aliphatic rings. The first kappa shape index (κ1) is 38.6. The van der Waals surface area contributed by atoms with Gasteiger partial charge in [0.15, 0.2) is 5.82 Å². The van der Waals surface area contributed by atoms with Crippen molar-refractivity contribution in [3.63, 3.8) is 0 Å². The van der Waals surface area contributed by atoms with Crippen molar-refractivity contribution >= 4 is 28.4 Å². The zero-order valence-electron chi connectivity index (χ0n) is 30.8. The molecule has 1 heterocycles. The highest BCUT2D eigenvalue weighted by molar-refractivity contribution is 6.00. The van der Waals surface area contributed by atoms with E-state index in [2.05, 4.69) is 55.2 Å². The Morgan fingerprint density at radius 2 is 1.92 bits per heavy atom. The quantitative estimate of drug-likeness (QED) is 0.0963. The van der Waals surface area contributed by atoms with Crippen LogP contribution in [-0.4, -0.2) is 53.6 Å². The lowest BCUT2D eigenvalue weighted by Crippen LogP contribution is -2.50. The standard InChI is InChI=1S/C40H58FN5O2/c1-11-30-21-22-33-31(24-35(44-37(33)36(30)41)29(8)43-34(12-2)26(3)4)19-17-18-28(7)38(47)45-40(39(48)42-9)25-32(40)20-15-13-14-16-23-46(10)27(5)6/h12,15,20-22,24,26,28,32H,5,11,13-14,16-19,23,25H2,1-4,6-10H3,(H,42,48)(H,45,47)/b20-15-,34-12-,43-29?. The summed E-state index contributed by atoms with van der Waals surface area (Å²) < 4.78 is 15.6. The van der Waals surface area contributed by atoms with Gasteiger partial charge in [0.25, 0.3) is 0 Å². The maximum absolute atomic E-state index is 15.6. The van der Waals surface area contributed by atoms with E-state index in [1.807, 2.05) is 58.9 Å². The maximum Gasteiger partial charge on any atom is 0.246 e. The summed E-state index contributed by atoms with van der Waals surface area (Å²) in [4.78, 5) is 38.0. The summed E-state index contributed by atoms with van der Waals surface area (Å²) in [5.74, 6) is -0.594. The van der Waals surface area contributed by atoms with Gasteiger partial charge in [0.1, 0.15) is 11.1 Å². The molecule has 2 aromatic rings. The minimum atomic E-state index is -0.889. The minimum Gasteiger partial charge on any atom is -0.379 e. The Morgan fingerprint density at radius 3 is 2.54 bits per heavy atom. The van der Waals surface area contributed by atoms with Crippen LogP contribution in [0.1, 0.15) is 104 Å². The number of carbonyl (C=O) groups excluding carboxylic acids is 2. The molecule has 0 radical (unpaired) electrons. The molecular formula is C40H58FN5O2. The van der Waals surface area contributed by atoms with Gasteiger partial charge in [0.05, 0.1) is 11.4 Å². The molecule has 3 rings (SSSR count). The van der Waals surface area contributed by atoms with Gasteiger partial charge in [-0.3, -0.25) is 14.6 Å². The molecular weight excluding hydrogens is 601 g/mol. The van der Waals surface area contributed by atoms with E-state index in [0.29, 0.717) is 42.5 Å². The minimum absolute atomic E-state index is 0.0140. The van der Waals surface area contributed by atoms with Crippen LogP contribution in [0.5, 0.6) is 0 Å². The number of aromatic nitrogens is 1. The Balaban J connectivity index is 1.68. The van der Waals surface area contributed by atoms with Crippen molar-refractivity contribution in [2.24, 2.45) is 22.7 Å². The van der Waals surface area contributed by atoms with Crippen molar-refractivity contribution < 1.29 is 14.0 Å². The lowest BCUT2D eigenvalue weighted by molar-refractivity contribution is -0.132. The van der Waals surface area contributed by atoms with E-state index >= 15 is 4.39 Å². The Hall–Kier alpha value is -3.81. The summed E-state index contributed by atoms with van der Waals surface area (Å²) in [6.07, 6.45) is 12.5. The zero-order chi connectivity index (χ0) is 35.6. The van der Waals surface area contributed by atoms with E-state index in [9.17, 15) is 9.59 Å². The number of hydrogen-bond donors (Lipinski definition) is 2. The molecule has 0 bridgehead atoms. The highest BCUT2D eigenvalue weighted by Crippen LogP contribution is 2.45. The molecule has 3 unspecified atom stereocenters. The summed E-state index contributed by atoms with van der Waals surface area (Å²) in [6, 6.07) is 5.83. The number of likely N-dealkylation sites (N-methyl/N-ethyl adjacent to an activating group) is 1. The van der Waals surface area contributed by atoms with Gasteiger partial charge in [-0.1, -0.05) is 64.6 Å². The molecule has 0 aliphatic heterocycles. The van der Waals surface area contributed by atoms with Crippen LogP contribution in [0.25, 0.3) is 10.9 Å². The van der Waals surface area contributed by atoms with Crippen LogP contribution in [0.2, 0.25) is 0 Å². The molecule has 1 aliphatic carbocycles. The molecule has 0 spiro atoms. The number of carbonyl (C=O) groups is 2. The number of nitrogens with zero attached hydrogens (tertiary/aromatic N) is 3. The Morgan fingerprint density at radius 1 is 1.19 bits per heavy atom. The second kappa shape index (κ2) is 17.5. The highest BCUT2D eigenvalue weighted by Gasteiger charge is 2.59. The first-order valence-corrected chi connectivity index (χ1v) is 17.7. The van der Waals surface area contributed by atoms with E-state index in [1.54, 1.807) is 7.05 Å². The number of aryl methyl sites for hydroxylation is 2. The van der Waals surface area contributed by atoms with Crippen molar-refractivity contribution in [1.82, 2.24) is 20.5 Å². The van der Waals surface area contributed by atoms with Gasteiger partial charge in [-0.2, -0.15) is 0 Å². The number of nitrogens with one attached hydrogen (secondary N) is 2. The van der Waals surface area contributed by atoms with Gasteiger partial charge in [-0.05, 0) is 95.2 Å². The average Bonchev–Trinajstić information content (AvgIpc) is 3.77. The van der Waals surface area contributed by atoms with Crippen LogP contribution in [0, 0.1) is 23.6 Å². The topological polar surface area (TPSA) is 86.7 Å². The Labute approximate surface area is 288 Å². The largest absolute Gasteiger partial charge is 0.379 e. The Bertz CT molecular complexity index is 1560. The fraction of sp³-hybridized carbons (Fsp3) is 0.550. The van der Waals surface area contributed by atoms with E-state index in [-0.39, 0.29) is 35.4 Å². The number of rotatable bonds is 18. The molecule has 1 aromatic heterocycles. The summed E-state index contributed by atoms with van der Waals surface area (Å²) >= 11 is 0. The van der Waals surface area contributed by atoms with Crippen molar-refractivity contribution in [3.8, 4) is 0 Å². The van der Waals surface area contributed by atoms with Crippen LogP contribution < -0.4 is 10.6 Å². The third kappa shape index (κ3) is 9.64. The van der Waals surface area contributed by atoms with Gasteiger partial charge in [-0.15, -0.1) is 0 Å². The van der Waals surface area contributed by atoms with Gasteiger partial charge < -0.3 is 15.5 Å². The van der Waals surface area contributed by atoms with Crippen LogP contribution in [-0.2, 0) is 22.4 Å². The van der Waals surface area contributed by atoms with Crippen molar-refractivity contribution in [2.45, 2.75) is 105 Å². The van der Waals surface area contributed by atoms with E-state index in [1.165, 1.54) is 0 Å². The zero-order valence-corrected chi connectivity index (χ0v) is 30.8. The molecule has 7 nitrogen and oxygen atoms in total. The van der Waals surface area contributed by atoms with Gasteiger partial charge >= 0.3 is 0 Å². The molecule has 3 atom stereocenters. The van der Waals surface area contributed by atoms with Crippen LogP contribution in [0.15, 0.2) is 59.4 Å². The number of hydrogen-bond acceptors (Lipinski definition) is 5. The predicted molar refractivity (Wildman–Crippen MR) is 197 cm³/mol. The monoisotopic (exact) mass is 659 g/mol. The molecule has 1 saturated carbocycles. The normalized spacial score (nSPS) is 18.8. The summed E-state index contributed by atoms with van der Waals surface area (Å²) in [5, 5.41) is 6.65. The van der Waals surface area contributed by atoms with Gasteiger partial charge in [-0.25, -0.2) is 9.37 Å². The molecule has 262 valence electrons.